The minimum Gasteiger partial charge on any atom is -0.496 e. The Balaban J connectivity index is 1.78. The highest BCUT2D eigenvalue weighted by molar-refractivity contribution is 5.95. The predicted octanol–water partition coefficient (Wildman–Crippen LogP) is 3.29. The molecule has 1 N–H and O–H groups in total. The Morgan fingerprint density at radius 3 is 2.81 bits per heavy atom. The molecule has 21 heavy (non-hydrogen) atoms. The highest BCUT2D eigenvalue weighted by Gasteiger charge is 2.05. The van der Waals surface area contributed by atoms with Crippen LogP contribution in [-0.4, -0.2) is 23.6 Å². The molecule has 0 spiro atoms. The number of hydrogen-bond acceptors (Lipinski definition) is 4. The fourth-order valence-corrected chi connectivity index (χ4v) is 2.37. The zero-order chi connectivity index (χ0) is 14.5. The van der Waals surface area contributed by atoms with Crippen LogP contribution in [0.3, 0.4) is 0 Å². The van der Waals surface area contributed by atoms with Gasteiger partial charge in [-0.25, -0.2) is 4.98 Å². The molecule has 3 aromatic rings. The molecule has 0 amide bonds. The highest BCUT2D eigenvalue weighted by atomic mass is 16.5. The number of fused-ring (bicyclic) bond motifs is 1. The second-order valence-electron chi connectivity index (χ2n) is 4.75. The van der Waals surface area contributed by atoms with Gasteiger partial charge in [0, 0.05) is 35.9 Å². The zero-order valence-electron chi connectivity index (χ0n) is 11.9. The number of nitrogens with one attached hydrogen (secondary N) is 1. The Kier molecular flexibility index (Phi) is 3.96. The lowest BCUT2D eigenvalue weighted by molar-refractivity contribution is 0.420. The standard InChI is InChI=1S/C17H17N3O/c1-21-16-6-2-5-15-14(16)8-11-20-17(15)19-10-7-13-4-3-9-18-12-13/h2-6,8-9,11-12H,7,10H2,1H3,(H,19,20). The second-order valence-corrected chi connectivity index (χ2v) is 4.75. The van der Waals surface area contributed by atoms with Crippen LogP contribution in [0.15, 0.2) is 55.0 Å². The highest BCUT2D eigenvalue weighted by Crippen LogP contribution is 2.28. The van der Waals surface area contributed by atoms with Gasteiger partial charge in [0.2, 0.25) is 0 Å². The first kappa shape index (κ1) is 13.4. The molecule has 2 aromatic heterocycles. The lowest BCUT2D eigenvalue weighted by Crippen LogP contribution is -2.06. The Labute approximate surface area is 123 Å². The quantitative estimate of drug-likeness (QED) is 0.778. The molecule has 0 aliphatic rings. The van der Waals surface area contributed by atoms with E-state index >= 15 is 0 Å². The van der Waals surface area contributed by atoms with Gasteiger partial charge in [0.1, 0.15) is 11.6 Å². The number of benzene rings is 1. The number of pyridine rings is 2. The second kappa shape index (κ2) is 6.22. The molecule has 1 aromatic carbocycles. The summed E-state index contributed by atoms with van der Waals surface area (Å²) in [6, 6.07) is 12.0. The van der Waals surface area contributed by atoms with Crippen molar-refractivity contribution in [2.45, 2.75) is 6.42 Å². The number of aromatic nitrogens is 2. The molecule has 0 atom stereocenters. The Morgan fingerprint density at radius 1 is 1.05 bits per heavy atom. The van der Waals surface area contributed by atoms with E-state index in [1.165, 1.54) is 5.56 Å². The molecule has 0 aliphatic heterocycles. The molecule has 0 unspecified atom stereocenters. The number of methoxy groups -OCH3 is 1. The van der Waals surface area contributed by atoms with Crippen molar-refractivity contribution in [3.05, 3.63) is 60.6 Å². The maximum Gasteiger partial charge on any atom is 0.133 e. The zero-order valence-corrected chi connectivity index (χ0v) is 11.9. The molecule has 0 saturated carbocycles. The van der Waals surface area contributed by atoms with Crippen molar-refractivity contribution in [2.24, 2.45) is 0 Å². The van der Waals surface area contributed by atoms with E-state index in [2.05, 4.69) is 27.4 Å². The summed E-state index contributed by atoms with van der Waals surface area (Å²) in [4.78, 5) is 8.55. The largest absolute Gasteiger partial charge is 0.496 e. The third kappa shape index (κ3) is 2.94. The maximum atomic E-state index is 5.39. The smallest absolute Gasteiger partial charge is 0.133 e. The molecule has 106 valence electrons. The van der Waals surface area contributed by atoms with Crippen LogP contribution in [0.2, 0.25) is 0 Å². The topological polar surface area (TPSA) is 47.0 Å². The number of hydrogen-bond donors (Lipinski definition) is 1. The van der Waals surface area contributed by atoms with E-state index in [-0.39, 0.29) is 0 Å². The molecule has 0 saturated heterocycles. The molecule has 0 aliphatic carbocycles. The first-order valence-corrected chi connectivity index (χ1v) is 6.93. The van der Waals surface area contributed by atoms with Crippen molar-refractivity contribution in [1.82, 2.24) is 9.97 Å². The summed E-state index contributed by atoms with van der Waals surface area (Å²) in [6.45, 7) is 0.815. The van der Waals surface area contributed by atoms with Crippen LogP contribution in [0.1, 0.15) is 5.56 Å². The average molecular weight is 279 g/mol. The summed E-state index contributed by atoms with van der Waals surface area (Å²) in [5.41, 5.74) is 1.21. The monoisotopic (exact) mass is 279 g/mol. The normalized spacial score (nSPS) is 10.5. The number of nitrogens with zero attached hydrogens (tertiary/aromatic N) is 2. The Bertz CT molecular complexity index is 728. The van der Waals surface area contributed by atoms with Gasteiger partial charge < -0.3 is 10.1 Å². The van der Waals surface area contributed by atoms with Crippen LogP contribution in [0, 0.1) is 0 Å². The SMILES string of the molecule is COc1cccc2c(NCCc3cccnc3)nccc12. The maximum absolute atomic E-state index is 5.39. The first-order valence-electron chi connectivity index (χ1n) is 6.93. The predicted molar refractivity (Wildman–Crippen MR) is 84.7 cm³/mol. The summed E-state index contributed by atoms with van der Waals surface area (Å²) >= 11 is 0. The summed E-state index contributed by atoms with van der Waals surface area (Å²) in [6.07, 6.45) is 6.39. The van der Waals surface area contributed by atoms with E-state index in [1.54, 1.807) is 19.5 Å². The van der Waals surface area contributed by atoms with E-state index in [9.17, 15) is 0 Å². The van der Waals surface area contributed by atoms with Gasteiger partial charge >= 0.3 is 0 Å². The van der Waals surface area contributed by atoms with E-state index in [0.29, 0.717) is 0 Å². The van der Waals surface area contributed by atoms with Crippen LogP contribution < -0.4 is 10.1 Å². The average Bonchev–Trinajstić information content (AvgIpc) is 2.55. The van der Waals surface area contributed by atoms with Crippen molar-refractivity contribution < 1.29 is 4.74 Å². The van der Waals surface area contributed by atoms with Gasteiger partial charge in [-0.15, -0.1) is 0 Å². The molecule has 3 rings (SSSR count). The third-order valence-electron chi connectivity index (χ3n) is 3.41. The molecule has 0 fully saturated rings. The molecule has 4 nitrogen and oxygen atoms in total. The molecular formula is C17H17N3O. The molecular weight excluding hydrogens is 262 g/mol. The van der Waals surface area contributed by atoms with Crippen LogP contribution in [0.4, 0.5) is 5.82 Å². The van der Waals surface area contributed by atoms with Gasteiger partial charge in [0.25, 0.3) is 0 Å². The van der Waals surface area contributed by atoms with Gasteiger partial charge in [0.15, 0.2) is 0 Å². The van der Waals surface area contributed by atoms with Gasteiger partial charge in [0.05, 0.1) is 7.11 Å². The Hall–Kier alpha value is -2.62. The minimum absolute atomic E-state index is 0.815. The van der Waals surface area contributed by atoms with Gasteiger partial charge in [-0.3, -0.25) is 4.98 Å². The van der Waals surface area contributed by atoms with E-state index in [1.807, 2.05) is 30.5 Å². The van der Waals surface area contributed by atoms with Crippen molar-refractivity contribution in [3.63, 3.8) is 0 Å². The first-order chi connectivity index (χ1) is 10.4. The third-order valence-corrected chi connectivity index (χ3v) is 3.41. The fourth-order valence-electron chi connectivity index (χ4n) is 2.37. The van der Waals surface area contributed by atoms with Crippen molar-refractivity contribution in [1.29, 1.82) is 0 Å². The molecule has 0 radical (unpaired) electrons. The fraction of sp³-hybridized carbons (Fsp3) is 0.176. The lowest BCUT2D eigenvalue weighted by Gasteiger charge is -2.10. The van der Waals surface area contributed by atoms with Gasteiger partial charge in [-0.05, 0) is 30.2 Å². The number of rotatable bonds is 5. The summed E-state index contributed by atoms with van der Waals surface area (Å²) in [5, 5.41) is 5.53. The number of ether oxygens (including phenoxy) is 1. The Morgan fingerprint density at radius 2 is 2.00 bits per heavy atom. The molecule has 4 heteroatoms. The summed E-state index contributed by atoms with van der Waals surface area (Å²) < 4.78 is 5.39. The van der Waals surface area contributed by atoms with Crippen molar-refractivity contribution >= 4 is 16.6 Å². The molecule has 2 heterocycles. The molecule has 0 bridgehead atoms. The van der Waals surface area contributed by atoms with Gasteiger partial charge in [-0.1, -0.05) is 18.2 Å². The van der Waals surface area contributed by atoms with E-state index in [0.717, 1.165) is 35.3 Å². The van der Waals surface area contributed by atoms with Crippen LogP contribution >= 0.6 is 0 Å². The summed E-state index contributed by atoms with van der Waals surface area (Å²) in [7, 11) is 1.69. The summed E-state index contributed by atoms with van der Waals surface area (Å²) in [5.74, 6) is 1.75. The van der Waals surface area contributed by atoms with Crippen LogP contribution in [0.25, 0.3) is 10.8 Å². The van der Waals surface area contributed by atoms with Crippen LogP contribution in [0.5, 0.6) is 5.75 Å². The van der Waals surface area contributed by atoms with Crippen molar-refractivity contribution in [2.75, 3.05) is 19.0 Å². The number of anilines is 1. The van der Waals surface area contributed by atoms with E-state index < -0.39 is 0 Å². The lowest BCUT2D eigenvalue weighted by atomic mass is 10.1. The van der Waals surface area contributed by atoms with Crippen LogP contribution in [-0.2, 0) is 6.42 Å². The minimum atomic E-state index is 0.815. The van der Waals surface area contributed by atoms with Gasteiger partial charge in [-0.2, -0.15) is 0 Å². The van der Waals surface area contributed by atoms with E-state index in [4.69, 9.17) is 4.74 Å². The van der Waals surface area contributed by atoms with Crippen molar-refractivity contribution in [3.8, 4) is 5.75 Å².